The molecule has 2 aromatic heterocycles. The van der Waals surface area contributed by atoms with Crippen LogP contribution in [0.4, 0.5) is 0 Å². The normalized spacial score (nSPS) is 11.4. The van der Waals surface area contributed by atoms with E-state index in [0.717, 1.165) is 48.6 Å². The van der Waals surface area contributed by atoms with Gasteiger partial charge in [0.15, 0.2) is 0 Å². The zero-order valence-corrected chi connectivity index (χ0v) is 17.1. The highest BCUT2D eigenvalue weighted by Gasteiger charge is 2.08. The van der Waals surface area contributed by atoms with Crippen LogP contribution < -0.4 is 0 Å². The molecule has 2 aromatic carbocycles. The van der Waals surface area contributed by atoms with Gasteiger partial charge >= 0.3 is 0 Å². The number of hydrogen-bond acceptors (Lipinski definition) is 2. The van der Waals surface area contributed by atoms with Gasteiger partial charge in [-0.1, -0.05) is 12.1 Å². The Morgan fingerprint density at radius 1 is 0.680 bits per heavy atom. The van der Waals surface area contributed by atoms with E-state index in [0.29, 0.717) is 0 Å². The van der Waals surface area contributed by atoms with Crippen LogP contribution in [0.15, 0.2) is 57.5 Å². The van der Waals surface area contributed by atoms with Crippen LogP contribution in [0.5, 0.6) is 0 Å². The minimum Gasteiger partial charge on any atom is -0.252 e. The van der Waals surface area contributed by atoms with Crippen molar-refractivity contribution in [2.75, 3.05) is 0 Å². The van der Waals surface area contributed by atoms with Gasteiger partial charge < -0.3 is 0 Å². The first-order valence-corrected chi connectivity index (χ1v) is 9.70. The fraction of sp³-hybridized carbons (Fsp3) is 0.143. The van der Waals surface area contributed by atoms with Crippen molar-refractivity contribution in [3.8, 4) is 0 Å². The summed E-state index contributed by atoms with van der Waals surface area (Å²) in [4.78, 5) is 9.25. The number of fused-ring (bicyclic) bond motifs is 2. The molecule has 0 aliphatic carbocycles. The maximum absolute atomic E-state index is 4.62. The van der Waals surface area contributed by atoms with Crippen molar-refractivity contribution in [1.29, 1.82) is 0 Å². The number of benzene rings is 2. The lowest BCUT2D eigenvalue weighted by Gasteiger charge is -2.09. The maximum Gasteiger partial charge on any atom is 0.0847 e. The summed E-state index contributed by atoms with van der Waals surface area (Å²) in [7, 11) is 0. The molecule has 0 N–H and O–H groups in total. The van der Waals surface area contributed by atoms with E-state index in [1.807, 2.05) is 13.8 Å². The molecule has 0 atom stereocenters. The third kappa shape index (κ3) is 3.33. The molecule has 0 amide bonds. The molecule has 0 saturated heterocycles. The van der Waals surface area contributed by atoms with E-state index in [9.17, 15) is 0 Å². The summed E-state index contributed by atoms with van der Waals surface area (Å²) in [5.74, 6) is 0. The van der Waals surface area contributed by atoms with E-state index in [1.54, 1.807) is 0 Å². The quantitative estimate of drug-likeness (QED) is 0.344. The Kier molecular flexibility index (Phi) is 4.34. The molecule has 4 rings (SSSR count). The predicted molar refractivity (Wildman–Crippen MR) is 111 cm³/mol. The third-order valence-corrected chi connectivity index (χ3v) is 5.51. The first kappa shape index (κ1) is 16.7. The Morgan fingerprint density at radius 3 is 1.56 bits per heavy atom. The van der Waals surface area contributed by atoms with Crippen molar-refractivity contribution in [3.63, 3.8) is 0 Å². The van der Waals surface area contributed by atoms with Gasteiger partial charge in [0.25, 0.3) is 0 Å². The van der Waals surface area contributed by atoms with Crippen LogP contribution in [0, 0.1) is 13.8 Å². The Bertz CT molecular complexity index is 1030. The zero-order chi connectivity index (χ0) is 17.6. The van der Waals surface area contributed by atoms with Crippen LogP contribution >= 0.6 is 31.9 Å². The Balaban J connectivity index is 1.77. The van der Waals surface area contributed by atoms with Gasteiger partial charge in [-0.2, -0.15) is 0 Å². The molecular weight excluding hydrogens is 440 g/mol. The van der Waals surface area contributed by atoms with Gasteiger partial charge in [0, 0.05) is 31.1 Å². The average molecular weight is 456 g/mol. The molecule has 0 unspecified atom stereocenters. The number of aromatic nitrogens is 2. The summed E-state index contributed by atoms with van der Waals surface area (Å²) >= 11 is 7.35. The molecule has 0 bridgehead atoms. The van der Waals surface area contributed by atoms with E-state index in [-0.39, 0.29) is 0 Å². The third-order valence-electron chi connectivity index (χ3n) is 4.30. The van der Waals surface area contributed by atoms with Crippen LogP contribution in [0.1, 0.15) is 22.5 Å². The summed E-state index contributed by atoms with van der Waals surface area (Å²) < 4.78 is 2.08. The van der Waals surface area contributed by atoms with Gasteiger partial charge in [-0.3, -0.25) is 9.97 Å². The van der Waals surface area contributed by atoms with Crippen LogP contribution in [0.3, 0.4) is 0 Å². The standard InChI is InChI=1S/C21H16Br2N2/c1-12-3-5-16-8-14(10-18(22)20(16)24-12)7-15-9-17-6-4-13(2)25-21(17)19(23)11-15/h3-6,8-11H,7H2,1-2H3. The minimum absolute atomic E-state index is 0.866. The lowest BCUT2D eigenvalue weighted by Crippen LogP contribution is -1.93. The van der Waals surface area contributed by atoms with Crippen LogP contribution in [0.2, 0.25) is 0 Å². The molecule has 4 heteroatoms. The molecule has 0 fully saturated rings. The van der Waals surface area contributed by atoms with Crippen LogP contribution in [-0.2, 0) is 6.42 Å². The molecule has 0 radical (unpaired) electrons. The molecule has 2 heterocycles. The first-order chi connectivity index (χ1) is 12.0. The molecule has 0 aliphatic heterocycles. The number of nitrogens with zero attached hydrogens (tertiary/aromatic N) is 2. The van der Waals surface area contributed by atoms with Gasteiger partial charge in [-0.25, -0.2) is 0 Å². The second kappa shape index (κ2) is 6.50. The van der Waals surface area contributed by atoms with E-state index in [4.69, 9.17) is 0 Å². The fourth-order valence-electron chi connectivity index (χ4n) is 3.14. The van der Waals surface area contributed by atoms with Gasteiger partial charge in [-0.05, 0) is 99.7 Å². The van der Waals surface area contributed by atoms with E-state index in [1.165, 1.54) is 11.1 Å². The smallest absolute Gasteiger partial charge is 0.0847 e. The number of pyridine rings is 2. The number of halogens is 2. The largest absolute Gasteiger partial charge is 0.252 e. The number of aryl methyl sites for hydroxylation is 2. The number of hydrogen-bond donors (Lipinski definition) is 0. The molecular formula is C21H16Br2N2. The maximum atomic E-state index is 4.62. The molecule has 124 valence electrons. The molecule has 0 aliphatic rings. The molecule has 0 saturated carbocycles. The molecule has 4 aromatic rings. The summed E-state index contributed by atoms with van der Waals surface area (Å²) in [5, 5.41) is 2.32. The second-order valence-corrected chi connectivity index (χ2v) is 8.09. The van der Waals surface area contributed by atoms with Crippen molar-refractivity contribution in [2.24, 2.45) is 0 Å². The highest BCUT2D eigenvalue weighted by molar-refractivity contribution is 9.11. The van der Waals surface area contributed by atoms with Crippen LogP contribution in [-0.4, -0.2) is 9.97 Å². The van der Waals surface area contributed by atoms with Gasteiger partial charge in [0.05, 0.1) is 11.0 Å². The average Bonchev–Trinajstić information content (AvgIpc) is 2.56. The van der Waals surface area contributed by atoms with E-state index < -0.39 is 0 Å². The van der Waals surface area contributed by atoms with Crippen molar-refractivity contribution in [1.82, 2.24) is 9.97 Å². The second-order valence-electron chi connectivity index (χ2n) is 6.38. The molecule has 2 nitrogen and oxygen atoms in total. The topological polar surface area (TPSA) is 25.8 Å². The summed E-state index contributed by atoms with van der Waals surface area (Å²) in [6, 6.07) is 17.2. The SMILES string of the molecule is Cc1ccc2cc(Cc3cc(Br)c4nc(C)ccc4c3)cc(Br)c2n1. The highest BCUT2D eigenvalue weighted by atomic mass is 79.9. The fourth-order valence-corrected chi connectivity index (χ4v) is 4.36. The predicted octanol–water partition coefficient (Wildman–Crippen LogP) is 6.52. The van der Waals surface area contributed by atoms with Crippen molar-refractivity contribution in [3.05, 3.63) is 80.0 Å². The lowest BCUT2D eigenvalue weighted by atomic mass is 10.0. The van der Waals surface area contributed by atoms with E-state index in [2.05, 4.69) is 90.4 Å². The molecule has 25 heavy (non-hydrogen) atoms. The van der Waals surface area contributed by atoms with Gasteiger partial charge in [-0.15, -0.1) is 0 Å². The van der Waals surface area contributed by atoms with Crippen molar-refractivity contribution < 1.29 is 0 Å². The summed E-state index contributed by atoms with van der Waals surface area (Å²) in [6.07, 6.45) is 0.866. The van der Waals surface area contributed by atoms with E-state index >= 15 is 0 Å². The van der Waals surface area contributed by atoms with Gasteiger partial charge in [0.2, 0.25) is 0 Å². The van der Waals surface area contributed by atoms with Crippen molar-refractivity contribution in [2.45, 2.75) is 20.3 Å². The Morgan fingerprint density at radius 2 is 1.12 bits per heavy atom. The lowest BCUT2D eigenvalue weighted by molar-refractivity contribution is 1.18. The summed E-state index contributed by atoms with van der Waals surface area (Å²) in [6.45, 7) is 4.03. The van der Waals surface area contributed by atoms with Crippen LogP contribution in [0.25, 0.3) is 21.8 Å². The van der Waals surface area contributed by atoms with Gasteiger partial charge in [0.1, 0.15) is 0 Å². The zero-order valence-electron chi connectivity index (χ0n) is 14.0. The summed E-state index contributed by atoms with van der Waals surface area (Å²) in [5.41, 5.74) is 6.61. The Labute approximate surface area is 163 Å². The monoisotopic (exact) mass is 454 g/mol. The first-order valence-electron chi connectivity index (χ1n) is 8.11. The molecule has 0 spiro atoms. The minimum atomic E-state index is 0.866. The Hall–Kier alpha value is -1.78. The van der Waals surface area contributed by atoms with Crippen molar-refractivity contribution >= 4 is 53.7 Å². The highest BCUT2D eigenvalue weighted by Crippen LogP contribution is 2.29. The number of rotatable bonds is 2.